The van der Waals surface area contributed by atoms with E-state index in [1.165, 1.54) is 0 Å². The van der Waals surface area contributed by atoms with Crippen LogP contribution in [0.4, 0.5) is 5.13 Å². The highest BCUT2D eigenvalue weighted by atomic mass is 35.5. The van der Waals surface area contributed by atoms with Gasteiger partial charge in [0.05, 0.1) is 15.0 Å². The lowest BCUT2D eigenvalue weighted by molar-refractivity contribution is 0.384. The Kier molecular flexibility index (Phi) is 3.56. The van der Waals surface area contributed by atoms with Crippen molar-refractivity contribution >= 4 is 48.3 Å². The highest BCUT2D eigenvalue weighted by molar-refractivity contribution is 7.90. The lowest BCUT2D eigenvalue weighted by Crippen LogP contribution is -2.49. The zero-order chi connectivity index (χ0) is 15.3. The first-order valence-electron chi connectivity index (χ1n) is 7.35. The summed E-state index contributed by atoms with van der Waals surface area (Å²) in [6, 6.07) is 5.77. The number of hydrogen-bond acceptors (Lipinski definition) is 5. The molecule has 0 radical (unpaired) electrons. The van der Waals surface area contributed by atoms with Crippen molar-refractivity contribution in [2.75, 3.05) is 31.1 Å². The van der Waals surface area contributed by atoms with Crippen molar-refractivity contribution in [3.05, 3.63) is 23.2 Å². The molecule has 0 atom stereocenters. The molecular formula is C14H16ClN3O2S2. The highest BCUT2D eigenvalue weighted by Crippen LogP contribution is 2.34. The molecule has 2 heterocycles. The molecule has 2 aromatic rings. The van der Waals surface area contributed by atoms with E-state index in [0.29, 0.717) is 31.2 Å². The molecule has 8 heteroatoms. The van der Waals surface area contributed by atoms with Crippen molar-refractivity contribution in [3.63, 3.8) is 0 Å². The molecule has 1 aliphatic heterocycles. The minimum absolute atomic E-state index is 0.125. The molecule has 2 fully saturated rings. The summed E-state index contributed by atoms with van der Waals surface area (Å²) in [4.78, 5) is 6.77. The van der Waals surface area contributed by atoms with Crippen molar-refractivity contribution in [2.24, 2.45) is 0 Å². The molecular weight excluding hydrogens is 342 g/mol. The molecule has 1 aromatic heterocycles. The van der Waals surface area contributed by atoms with E-state index in [2.05, 4.69) is 9.88 Å². The van der Waals surface area contributed by atoms with E-state index in [9.17, 15) is 8.42 Å². The number of thiazole rings is 1. The van der Waals surface area contributed by atoms with E-state index in [-0.39, 0.29) is 5.25 Å². The van der Waals surface area contributed by atoms with Crippen LogP contribution in [0.5, 0.6) is 0 Å². The van der Waals surface area contributed by atoms with Gasteiger partial charge in [-0.05, 0) is 25.0 Å². The van der Waals surface area contributed by atoms with Crippen LogP contribution in [0.25, 0.3) is 10.2 Å². The molecule has 118 valence electrons. The molecule has 0 amide bonds. The van der Waals surface area contributed by atoms with Gasteiger partial charge in [-0.1, -0.05) is 29.0 Å². The van der Waals surface area contributed by atoms with E-state index >= 15 is 0 Å². The maximum Gasteiger partial charge on any atom is 0.217 e. The van der Waals surface area contributed by atoms with Gasteiger partial charge in [-0.3, -0.25) is 0 Å². The third-order valence-electron chi connectivity index (χ3n) is 4.17. The van der Waals surface area contributed by atoms with Crippen LogP contribution in [-0.4, -0.2) is 49.1 Å². The van der Waals surface area contributed by atoms with Gasteiger partial charge in [0, 0.05) is 26.2 Å². The maximum absolute atomic E-state index is 12.3. The predicted octanol–water partition coefficient (Wildman–Crippen LogP) is 2.56. The number of anilines is 1. The molecule has 0 spiro atoms. The number of para-hydroxylation sites is 1. The number of sulfonamides is 1. The smallest absolute Gasteiger partial charge is 0.217 e. The summed E-state index contributed by atoms with van der Waals surface area (Å²) in [6.45, 7) is 2.46. The van der Waals surface area contributed by atoms with Gasteiger partial charge in [-0.25, -0.2) is 13.4 Å². The van der Waals surface area contributed by atoms with Crippen LogP contribution in [-0.2, 0) is 10.0 Å². The van der Waals surface area contributed by atoms with Gasteiger partial charge in [0.2, 0.25) is 10.0 Å². The zero-order valence-electron chi connectivity index (χ0n) is 11.9. The van der Waals surface area contributed by atoms with Crippen LogP contribution >= 0.6 is 22.9 Å². The summed E-state index contributed by atoms with van der Waals surface area (Å²) in [7, 11) is -3.06. The third-order valence-corrected chi connectivity index (χ3v) is 7.96. The number of halogens is 1. The molecule has 1 aromatic carbocycles. The zero-order valence-corrected chi connectivity index (χ0v) is 14.3. The maximum atomic E-state index is 12.3. The van der Waals surface area contributed by atoms with Crippen molar-refractivity contribution in [1.82, 2.24) is 9.29 Å². The quantitative estimate of drug-likeness (QED) is 0.847. The first kappa shape index (κ1) is 14.7. The molecule has 1 saturated carbocycles. The van der Waals surface area contributed by atoms with Gasteiger partial charge in [0.1, 0.15) is 5.52 Å². The van der Waals surface area contributed by atoms with Crippen LogP contribution in [0.1, 0.15) is 12.8 Å². The molecule has 1 saturated heterocycles. The Bertz CT molecular complexity index is 809. The number of aromatic nitrogens is 1. The topological polar surface area (TPSA) is 53.5 Å². The van der Waals surface area contributed by atoms with Gasteiger partial charge < -0.3 is 4.90 Å². The van der Waals surface area contributed by atoms with Crippen LogP contribution in [0.3, 0.4) is 0 Å². The van der Waals surface area contributed by atoms with Gasteiger partial charge in [0.25, 0.3) is 0 Å². The first-order valence-corrected chi connectivity index (χ1v) is 10.0. The second kappa shape index (κ2) is 5.33. The number of fused-ring (bicyclic) bond motifs is 1. The van der Waals surface area contributed by atoms with Crippen molar-refractivity contribution < 1.29 is 8.42 Å². The molecule has 5 nitrogen and oxygen atoms in total. The van der Waals surface area contributed by atoms with Gasteiger partial charge in [-0.15, -0.1) is 0 Å². The fourth-order valence-electron chi connectivity index (χ4n) is 2.75. The Morgan fingerprint density at radius 3 is 2.55 bits per heavy atom. The first-order chi connectivity index (χ1) is 10.6. The summed E-state index contributed by atoms with van der Waals surface area (Å²) in [5, 5.41) is 1.46. The Morgan fingerprint density at radius 2 is 1.91 bits per heavy atom. The standard InChI is InChI=1S/C14H16ClN3O2S2/c15-11-2-1-3-12-13(11)16-14(21-12)17-6-8-18(9-7-17)22(19,20)10-4-5-10/h1-3,10H,4-9H2. The molecule has 2 aliphatic rings. The molecule has 0 N–H and O–H groups in total. The molecule has 0 unspecified atom stereocenters. The van der Waals surface area contributed by atoms with E-state index in [1.807, 2.05) is 18.2 Å². The number of piperazine rings is 1. The Balaban J connectivity index is 1.52. The molecule has 1 aliphatic carbocycles. The fourth-order valence-corrected chi connectivity index (χ4v) is 5.89. The van der Waals surface area contributed by atoms with Gasteiger partial charge >= 0.3 is 0 Å². The molecule has 4 rings (SSSR count). The van der Waals surface area contributed by atoms with Crippen molar-refractivity contribution in [1.29, 1.82) is 0 Å². The van der Waals surface area contributed by atoms with E-state index in [1.54, 1.807) is 15.6 Å². The fraction of sp³-hybridized carbons (Fsp3) is 0.500. The average Bonchev–Trinajstić information content (AvgIpc) is 3.28. The van der Waals surface area contributed by atoms with E-state index < -0.39 is 10.0 Å². The number of benzene rings is 1. The largest absolute Gasteiger partial charge is 0.345 e. The van der Waals surface area contributed by atoms with Crippen LogP contribution < -0.4 is 4.90 Å². The monoisotopic (exact) mass is 357 g/mol. The lowest BCUT2D eigenvalue weighted by Gasteiger charge is -2.33. The predicted molar refractivity (Wildman–Crippen MR) is 90.4 cm³/mol. The summed E-state index contributed by atoms with van der Waals surface area (Å²) < 4.78 is 27.2. The van der Waals surface area contributed by atoms with Crippen LogP contribution in [0.15, 0.2) is 18.2 Å². The second-order valence-corrected chi connectivity index (χ2v) is 9.34. The third kappa shape index (κ3) is 2.50. The van der Waals surface area contributed by atoms with Crippen LogP contribution in [0, 0.1) is 0 Å². The Hall–Kier alpha value is -0.890. The number of rotatable bonds is 3. The lowest BCUT2D eigenvalue weighted by atomic mass is 10.3. The Morgan fingerprint density at radius 1 is 1.18 bits per heavy atom. The highest BCUT2D eigenvalue weighted by Gasteiger charge is 2.41. The van der Waals surface area contributed by atoms with Crippen LogP contribution in [0.2, 0.25) is 5.02 Å². The van der Waals surface area contributed by atoms with E-state index in [4.69, 9.17) is 11.6 Å². The number of hydrogen-bond donors (Lipinski definition) is 0. The summed E-state index contributed by atoms with van der Waals surface area (Å²) >= 11 is 7.78. The Labute approximate surface area is 138 Å². The molecule has 0 bridgehead atoms. The average molecular weight is 358 g/mol. The molecule has 22 heavy (non-hydrogen) atoms. The second-order valence-electron chi connectivity index (χ2n) is 5.71. The summed E-state index contributed by atoms with van der Waals surface area (Å²) in [6.07, 6.45) is 1.64. The van der Waals surface area contributed by atoms with Crippen molar-refractivity contribution in [2.45, 2.75) is 18.1 Å². The normalized spacial score (nSPS) is 20.7. The summed E-state index contributed by atoms with van der Waals surface area (Å²) in [5.74, 6) is 0. The SMILES string of the molecule is O=S(=O)(C1CC1)N1CCN(c2nc3c(Cl)cccc3s2)CC1. The summed E-state index contributed by atoms with van der Waals surface area (Å²) in [5.41, 5.74) is 0.831. The minimum atomic E-state index is -3.06. The van der Waals surface area contributed by atoms with Gasteiger partial charge in [-0.2, -0.15) is 4.31 Å². The number of nitrogens with zero attached hydrogens (tertiary/aromatic N) is 3. The van der Waals surface area contributed by atoms with Crippen molar-refractivity contribution in [3.8, 4) is 0 Å². The van der Waals surface area contributed by atoms with E-state index in [0.717, 1.165) is 28.2 Å². The minimum Gasteiger partial charge on any atom is -0.345 e. The van der Waals surface area contributed by atoms with Gasteiger partial charge in [0.15, 0.2) is 5.13 Å².